The molecule has 1 atom stereocenters. The molecule has 29 heavy (non-hydrogen) atoms. The fraction of sp³-hybridized carbons (Fsp3) is 0.333. The number of rotatable bonds is 7. The van der Waals surface area contributed by atoms with Gasteiger partial charge in [-0.15, -0.1) is 0 Å². The molecule has 1 aliphatic heterocycles. The van der Waals surface area contributed by atoms with E-state index in [0.29, 0.717) is 6.54 Å². The van der Waals surface area contributed by atoms with Crippen molar-refractivity contribution in [3.8, 4) is 11.5 Å². The van der Waals surface area contributed by atoms with Gasteiger partial charge in [-0.2, -0.15) is 8.78 Å². The minimum absolute atomic E-state index is 0.0314. The SMILES string of the molecule is COc1ccc(C2CCCN2C(=O)CNC(=O)c2ccc(OC(F)F)cc2)cc1. The average Bonchev–Trinajstić information content (AvgIpc) is 3.22. The Morgan fingerprint density at radius 2 is 1.76 bits per heavy atom. The number of hydrogen-bond acceptors (Lipinski definition) is 4. The van der Waals surface area contributed by atoms with E-state index in [4.69, 9.17) is 4.74 Å². The van der Waals surface area contributed by atoms with Gasteiger partial charge >= 0.3 is 6.61 Å². The standard InChI is InChI=1S/C21H22F2N2O4/c1-28-16-8-4-14(5-9-16)18-3-2-12-25(18)19(26)13-24-20(27)15-6-10-17(11-7-15)29-21(22)23/h4-11,18,21H,2-3,12-13H2,1H3,(H,24,27). The molecule has 1 unspecified atom stereocenters. The van der Waals surface area contributed by atoms with Gasteiger partial charge in [0, 0.05) is 12.1 Å². The molecule has 2 aromatic carbocycles. The van der Waals surface area contributed by atoms with Crippen molar-refractivity contribution < 1.29 is 27.8 Å². The summed E-state index contributed by atoms with van der Waals surface area (Å²) in [4.78, 5) is 26.6. The van der Waals surface area contributed by atoms with Crippen molar-refractivity contribution in [2.45, 2.75) is 25.5 Å². The van der Waals surface area contributed by atoms with Crippen LogP contribution in [0.2, 0.25) is 0 Å². The fourth-order valence-corrected chi connectivity index (χ4v) is 3.39. The third-order valence-electron chi connectivity index (χ3n) is 4.82. The molecule has 1 N–H and O–H groups in total. The Labute approximate surface area is 167 Å². The molecule has 1 saturated heterocycles. The van der Waals surface area contributed by atoms with Gasteiger partial charge in [-0.05, 0) is 54.8 Å². The first-order valence-corrected chi connectivity index (χ1v) is 9.24. The Kier molecular flexibility index (Phi) is 6.64. The van der Waals surface area contributed by atoms with Gasteiger partial charge in [0.1, 0.15) is 11.5 Å². The molecule has 8 heteroatoms. The number of amides is 2. The van der Waals surface area contributed by atoms with Crippen LogP contribution >= 0.6 is 0 Å². The maximum Gasteiger partial charge on any atom is 0.387 e. The van der Waals surface area contributed by atoms with Gasteiger partial charge in [0.15, 0.2) is 0 Å². The lowest BCUT2D eigenvalue weighted by Gasteiger charge is -2.25. The second-order valence-electron chi connectivity index (χ2n) is 6.60. The topological polar surface area (TPSA) is 67.9 Å². The summed E-state index contributed by atoms with van der Waals surface area (Å²) < 4.78 is 33.8. The summed E-state index contributed by atoms with van der Waals surface area (Å²) in [6.07, 6.45) is 1.75. The van der Waals surface area contributed by atoms with E-state index in [1.54, 1.807) is 12.0 Å². The van der Waals surface area contributed by atoms with Crippen LogP contribution in [0.1, 0.15) is 34.8 Å². The van der Waals surface area contributed by atoms with E-state index >= 15 is 0 Å². The third kappa shape index (κ3) is 5.22. The summed E-state index contributed by atoms with van der Waals surface area (Å²) >= 11 is 0. The van der Waals surface area contributed by atoms with Gasteiger partial charge in [-0.25, -0.2) is 0 Å². The molecule has 0 bridgehead atoms. The number of carbonyl (C=O) groups excluding carboxylic acids is 2. The van der Waals surface area contributed by atoms with Gasteiger partial charge in [-0.1, -0.05) is 12.1 Å². The highest BCUT2D eigenvalue weighted by atomic mass is 19.3. The van der Waals surface area contributed by atoms with Crippen LogP contribution in [0.15, 0.2) is 48.5 Å². The Balaban J connectivity index is 1.56. The van der Waals surface area contributed by atoms with Gasteiger partial charge in [0.25, 0.3) is 5.91 Å². The molecule has 0 radical (unpaired) electrons. The first-order chi connectivity index (χ1) is 14.0. The molecule has 0 aromatic heterocycles. The minimum Gasteiger partial charge on any atom is -0.497 e. The van der Waals surface area contributed by atoms with Gasteiger partial charge in [-0.3, -0.25) is 9.59 Å². The molecule has 154 valence electrons. The highest BCUT2D eigenvalue weighted by Crippen LogP contribution is 2.32. The number of benzene rings is 2. The highest BCUT2D eigenvalue weighted by molar-refractivity contribution is 5.96. The maximum absolute atomic E-state index is 12.6. The summed E-state index contributed by atoms with van der Waals surface area (Å²) in [6, 6.07) is 12.9. The fourth-order valence-electron chi connectivity index (χ4n) is 3.39. The van der Waals surface area contributed by atoms with Crippen LogP contribution in [0.25, 0.3) is 0 Å². The second kappa shape index (κ2) is 9.36. The molecule has 1 aliphatic rings. The highest BCUT2D eigenvalue weighted by Gasteiger charge is 2.29. The zero-order chi connectivity index (χ0) is 20.8. The number of nitrogens with zero attached hydrogens (tertiary/aromatic N) is 1. The molecule has 0 spiro atoms. The van der Waals surface area contributed by atoms with E-state index in [1.807, 2.05) is 24.3 Å². The molecular formula is C21H22F2N2O4. The number of halogens is 2. The van der Waals surface area contributed by atoms with Crippen LogP contribution in [0, 0.1) is 0 Å². The normalized spacial score (nSPS) is 16.0. The summed E-state index contributed by atoms with van der Waals surface area (Å²) in [7, 11) is 1.60. The quantitative estimate of drug-likeness (QED) is 0.768. The van der Waals surface area contributed by atoms with Gasteiger partial charge < -0.3 is 19.7 Å². The predicted octanol–water partition coefficient (Wildman–Crippen LogP) is 3.39. The molecule has 2 amide bonds. The molecule has 1 heterocycles. The lowest BCUT2D eigenvalue weighted by atomic mass is 10.0. The summed E-state index contributed by atoms with van der Waals surface area (Å²) in [5.41, 5.74) is 1.28. The molecule has 2 aromatic rings. The van der Waals surface area contributed by atoms with Crippen molar-refractivity contribution in [2.24, 2.45) is 0 Å². The summed E-state index contributed by atoms with van der Waals surface area (Å²) in [5, 5.41) is 2.59. The molecule has 0 aliphatic carbocycles. The second-order valence-corrected chi connectivity index (χ2v) is 6.60. The van der Waals surface area contributed by atoms with Crippen molar-refractivity contribution in [3.63, 3.8) is 0 Å². The van der Waals surface area contributed by atoms with E-state index in [2.05, 4.69) is 10.1 Å². The van der Waals surface area contributed by atoms with E-state index in [-0.39, 0.29) is 29.8 Å². The average molecular weight is 404 g/mol. The van der Waals surface area contributed by atoms with E-state index in [1.165, 1.54) is 24.3 Å². The van der Waals surface area contributed by atoms with Crippen LogP contribution in [0.3, 0.4) is 0 Å². The van der Waals surface area contributed by atoms with Crippen molar-refractivity contribution in [1.82, 2.24) is 10.2 Å². The van der Waals surface area contributed by atoms with E-state index in [9.17, 15) is 18.4 Å². The third-order valence-corrected chi connectivity index (χ3v) is 4.82. The van der Waals surface area contributed by atoms with Crippen molar-refractivity contribution in [1.29, 1.82) is 0 Å². The summed E-state index contributed by atoms with van der Waals surface area (Å²) in [5.74, 6) is 0.0883. The molecule has 1 fully saturated rings. The first-order valence-electron chi connectivity index (χ1n) is 9.24. The number of nitrogens with one attached hydrogen (secondary N) is 1. The van der Waals surface area contributed by atoms with Gasteiger partial charge in [0.05, 0.1) is 19.7 Å². The van der Waals surface area contributed by atoms with Crippen LogP contribution in [0.5, 0.6) is 11.5 Å². The number of likely N-dealkylation sites (tertiary alicyclic amines) is 1. The first kappa shape index (κ1) is 20.6. The zero-order valence-electron chi connectivity index (χ0n) is 15.9. The molecular weight excluding hydrogens is 382 g/mol. The van der Waals surface area contributed by atoms with Crippen LogP contribution in [-0.4, -0.2) is 43.5 Å². The number of ether oxygens (including phenoxy) is 2. The van der Waals surface area contributed by atoms with Crippen LogP contribution in [-0.2, 0) is 4.79 Å². The monoisotopic (exact) mass is 404 g/mol. The van der Waals surface area contributed by atoms with Crippen molar-refractivity contribution in [2.75, 3.05) is 20.2 Å². The van der Waals surface area contributed by atoms with Crippen molar-refractivity contribution in [3.05, 3.63) is 59.7 Å². The molecule has 3 rings (SSSR count). The maximum atomic E-state index is 12.6. The number of methoxy groups -OCH3 is 1. The lowest BCUT2D eigenvalue weighted by Crippen LogP contribution is -2.39. The Morgan fingerprint density at radius 3 is 2.38 bits per heavy atom. The number of hydrogen-bond donors (Lipinski definition) is 1. The van der Waals surface area contributed by atoms with E-state index < -0.39 is 12.5 Å². The molecule has 0 saturated carbocycles. The zero-order valence-corrected chi connectivity index (χ0v) is 15.9. The smallest absolute Gasteiger partial charge is 0.387 e. The molecule has 6 nitrogen and oxygen atoms in total. The number of carbonyl (C=O) groups is 2. The van der Waals surface area contributed by atoms with Crippen LogP contribution < -0.4 is 14.8 Å². The van der Waals surface area contributed by atoms with E-state index in [0.717, 1.165) is 24.2 Å². The van der Waals surface area contributed by atoms with Crippen molar-refractivity contribution >= 4 is 11.8 Å². The summed E-state index contributed by atoms with van der Waals surface area (Å²) in [6.45, 7) is -2.43. The Hall–Kier alpha value is -3.16. The predicted molar refractivity (Wildman–Crippen MR) is 102 cm³/mol. The Morgan fingerprint density at radius 1 is 1.10 bits per heavy atom. The van der Waals surface area contributed by atoms with Gasteiger partial charge in [0.2, 0.25) is 5.91 Å². The van der Waals surface area contributed by atoms with Crippen LogP contribution in [0.4, 0.5) is 8.78 Å². The number of alkyl halides is 2. The Bertz CT molecular complexity index is 841. The minimum atomic E-state index is -2.92. The lowest BCUT2D eigenvalue weighted by molar-refractivity contribution is -0.131. The largest absolute Gasteiger partial charge is 0.497 e.